The maximum Gasteiger partial charge on any atom is 0.262 e. The molecule has 1 amide bonds. The van der Waals surface area contributed by atoms with E-state index >= 15 is 0 Å². The van der Waals surface area contributed by atoms with Gasteiger partial charge in [0.1, 0.15) is 23.2 Å². The van der Waals surface area contributed by atoms with E-state index in [4.69, 9.17) is 14.4 Å². The minimum Gasteiger partial charge on any atom is -0.494 e. The summed E-state index contributed by atoms with van der Waals surface area (Å²) in [5.74, 6) is 0.884. The van der Waals surface area contributed by atoms with Crippen LogP contribution in [0, 0.1) is 11.3 Å². The van der Waals surface area contributed by atoms with Crippen LogP contribution in [0.15, 0.2) is 52.7 Å². The Morgan fingerprint density at radius 2 is 2.27 bits per heavy atom. The van der Waals surface area contributed by atoms with Gasteiger partial charge in [-0.25, -0.2) is 0 Å². The molecule has 1 aromatic carbocycles. The second kappa shape index (κ2) is 7.70. The largest absolute Gasteiger partial charge is 0.494 e. The number of nitriles is 1. The zero-order chi connectivity index (χ0) is 15.8. The Labute approximate surface area is 128 Å². The molecule has 5 heteroatoms. The Morgan fingerprint density at radius 3 is 2.95 bits per heavy atom. The molecule has 0 unspecified atom stereocenters. The average Bonchev–Trinajstić information content (AvgIpc) is 3.04. The van der Waals surface area contributed by atoms with Gasteiger partial charge in [-0.2, -0.15) is 5.26 Å². The highest BCUT2D eigenvalue weighted by Crippen LogP contribution is 2.16. The molecule has 0 radical (unpaired) electrons. The number of hydrogen-bond donors (Lipinski definition) is 1. The van der Waals surface area contributed by atoms with Gasteiger partial charge in [-0.1, -0.05) is 12.1 Å². The van der Waals surface area contributed by atoms with Gasteiger partial charge in [-0.05, 0) is 42.8 Å². The van der Waals surface area contributed by atoms with E-state index in [1.807, 2.05) is 25.1 Å². The van der Waals surface area contributed by atoms with Gasteiger partial charge in [0.2, 0.25) is 0 Å². The third-order valence-electron chi connectivity index (χ3n) is 2.85. The van der Waals surface area contributed by atoms with Crippen LogP contribution in [0.25, 0.3) is 6.08 Å². The Morgan fingerprint density at radius 1 is 1.41 bits per heavy atom. The summed E-state index contributed by atoms with van der Waals surface area (Å²) in [5, 5.41) is 11.8. The van der Waals surface area contributed by atoms with Crippen LogP contribution >= 0.6 is 0 Å². The van der Waals surface area contributed by atoms with E-state index in [-0.39, 0.29) is 12.1 Å². The van der Waals surface area contributed by atoms with Crippen molar-refractivity contribution in [3.8, 4) is 11.8 Å². The van der Waals surface area contributed by atoms with Gasteiger partial charge in [-0.3, -0.25) is 4.79 Å². The normalized spacial score (nSPS) is 10.8. The van der Waals surface area contributed by atoms with E-state index in [1.165, 1.54) is 12.3 Å². The maximum atomic E-state index is 12.0. The van der Waals surface area contributed by atoms with Crippen molar-refractivity contribution in [2.24, 2.45) is 0 Å². The molecule has 0 atom stereocenters. The lowest BCUT2D eigenvalue weighted by Gasteiger charge is -2.04. The third kappa shape index (κ3) is 4.25. The molecule has 0 aliphatic carbocycles. The number of nitrogens with zero attached hydrogens (tertiary/aromatic N) is 1. The summed E-state index contributed by atoms with van der Waals surface area (Å²) in [6.07, 6.45) is 3.06. The number of carbonyl (C=O) groups is 1. The van der Waals surface area contributed by atoms with E-state index in [0.29, 0.717) is 18.1 Å². The minimum atomic E-state index is -0.444. The van der Waals surface area contributed by atoms with Crippen molar-refractivity contribution in [2.75, 3.05) is 6.61 Å². The van der Waals surface area contributed by atoms with Crippen LogP contribution in [-0.4, -0.2) is 12.5 Å². The van der Waals surface area contributed by atoms with Crippen LogP contribution in [0.3, 0.4) is 0 Å². The highest BCUT2D eigenvalue weighted by atomic mass is 16.5. The lowest BCUT2D eigenvalue weighted by molar-refractivity contribution is -0.117. The van der Waals surface area contributed by atoms with Crippen molar-refractivity contribution in [1.29, 1.82) is 5.26 Å². The predicted octanol–water partition coefficient (Wildman–Crippen LogP) is 2.90. The molecule has 0 spiro atoms. The second-order valence-electron chi connectivity index (χ2n) is 4.44. The fourth-order valence-electron chi connectivity index (χ4n) is 1.85. The molecule has 5 nitrogen and oxygen atoms in total. The number of hydrogen-bond acceptors (Lipinski definition) is 4. The molecule has 22 heavy (non-hydrogen) atoms. The first-order chi connectivity index (χ1) is 10.7. The highest BCUT2D eigenvalue weighted by molar-refractivity contribution is 6.01. The van der Waals surface area contributed by atoms with Gasteiger partial charge in [0.05, 0.1) is 19.4 Å². The standard InChI is InChI=1S/C17H16N2O3/c1-2-21-15-6-3-5-13(10-15)9-14(11-18)17(20)19-12-16-7-4-8-22-16/h3-10H,2,12H2,1H3,(H,19,20)/b14-9+. The highest BCUT2D eigenvalue weighted by Gasteiger charge is 2.09. The SMILES string of the molecule is CCOc1cccc(/C=C(\C#N)C(=O)NCc2ccco2)c1. The summed E-state index contributed by atoms with van der Waals surface area (Å²) in [6, 6.07) is 12.6. The van der Waals surface area contributed by atoms with Gasteiger partial charge in [0.15, 0.2) is 0 Å². The van der Waals surface area contributed by atoms with Crippen LogP contribution in [0.2, 0.25) is 0 Å². The van der Waals surface area contributed by atoms with Crippen molar-refractivity contribution < 1.29 is 13.9 Å². The summed E-state index contributed by atoms with van der Waals surface area (Å²) in [5.41, 5.74) is 0.760. The first-order valence-corrected chi connectivity index (χ1v) is 6.88. The van der Waals surface area contributed by atoms with Gasteiger partial charge in [0.25, 0.3) is 5.91 Å². The zero-order valence-corrected chi connectivity index (χ0v) is 12.2. The summed E-state index contributed by atoms with van der Waals surface area (Å²) in [7, 11) is 0. The van der Waals surface area contributed by atoms with Crippen LogP contribution in [-0.2, 0) is 11.3 Å². The van der Waals surface area contributed by atoms with Crippen molar-refractivity contribution >= 4 is 12.0 Å². The van der Waals surface area contributed by atoms with Gasteiger partial charge in [-0.15, -0.1) is 0 Å². The summed E-state index contributed by atoms with van der Waals surface area (Å²) in [4.78, 5) is 12.0. The number of ether oxygens (including phenoxy) is 1. The average molecular weight is 296 g/mol. The fraction of sp³-hybridized carbons (Fsp3) is 0.176. The number of carbonyl (C=O) groups excluding carboxylic acids is 1. The number of rotatable bonds is 6. The molecule has 112 valence electrons. The molecule has 0 fully saturated rings. The Bertz CT molecular complexity index is 697. The molecule has 1 heterocycles. The predicted molar refractivity (Wildman–Crippen MR) is 81.8 cm³/mol. The van der Waals surface area contributed by atoms with E-state index < -0.39 is 5.91 Å². The van der Waals surface area contributed by atoms with E-state index in [2.05, 4.69) is 5.32 Å². The lowest BCUT2D eigenvalue weighted by Crippen LogP contribution is -2.23. The zero-order valence-electron chi connectivity index (χ0n) is 12.2. The quantitative estimate of drug-likeness (QED) is 0.657. The Hall–Kier alpha value is -3.00. The van der Waals surface area contributed by atoms with Gasteiger partial charge < -0.3 is 14.5 Å². The van der Waals surface area contributed by atoms with E-state index in [9.17, 15) is 4.79 Å². The molecular weight excluding hydrogens is 280 g/mol. The van der Waals surface area contributed by atoms with E-state index in [0.717, 1.165) is 5.56 Å². The monoisotopic (exact) mass is 296 g/mol. The third-order valence-corrected chi connectivity index (χ3v) is 2.85. The number of nitrogens with one attached hydrogen (secondary N) is 1. The number of benzene rings is 1. The smallest absolute Gasteiger partial charge is 0.262 e. The van der Waals surface area contributed by atoms with E-state index in [1.54, 1.807) is 24.3 Å². The fourth-order valence-corrected chi connectivity index (χ4v) is 1.85. The van der Waals surface area contributed by atoms with Crippen LogP contribution in [0.4, 0.5) is 0 Å². The van der Waals surface area contributed by atoms with Gasteiger partial charge >= 0.3 is 0 Å². The molecule has 0 aliphatic heterocycles. The minimum absolute atomic E-state index is 0.0280. The Balaban J connectivity index is 2.07. The first kappa shape index (κ1) is 15.4. The summed E-state index contributed by atoms with van der Waals surface area (Å²) >= 11 is 0. The molecule has 2 rings (SSSR count). The molecule has 0 saturated heterocycles. The number of furan rings is 1. The van der Waals surface area contributed by atoms with Crippen molar-refractivity contribution in [1.82, 2.24) is 5.32 Å². The van der Waals surface area contributed by atoms with Crippen molar-refractivity contribution in [3.05, 3.63) is 59.6 Å². The number of amides is 1. The molecule has 1 N–H and O–H groups in total. The van der Waals surface area contributed by atoms with Crippen LogP contribution < -0.4 is 10.1 Å². The molecule has 0 aliphatic rings. The topological polar surface area (TPSA) is 75.3 Å². The van der Waals surface area contributed by atoms with Crippen molar-refractivity contribution in [2.45, 2.75) is 13.5 Å². The lowest BCUT2D eigenvalue weighted by atomic mass is 10.1. The molecule has 0 bridgehead atoms. The maximum absolute atomic E-state index is 12.0. The van der Waals surface area contributed by atoms with Crippen molar-refractivity contribution in [3.63, 3.8) is 0 Å². The summed E-state index contributed by atoms with van der Waals surface area (Å²) in [6.45, 7) is 2.69. The molecule has 2 aromatic rings. The second-order valence-corrected chi connectivity index (χ2v) is 4.44. The summed E-state index contributed by atoms with van der Waals surface area (Å²) < 4.78 is 10.5. The van der Waals surface area contributed by atoms with Crippen LogP contribution in [0.1, 0.15) is 18.2 Å². The molecule has 0 saturated carbocycles. The van der Waals surface area contributed by atoms with Crippen LogP contribution in [0.5, 0.6) is 5.75 Å². The molecule has 1 aromatic heterocycles. The Kier molecular flexibility index (Phi) is 5.38. The van der Waals surface area contributed by atoms with Gasteiger partial charge in [0, 0.05) is 0 Å². The first-order valence-electron chi connectivity index (χ1n) is 6.88. The molecular formula is C17H16N2O3.